The van der Waals surface area contributed by atoms with Crippen LogP contribution in [0.5, 0.6) is 0 Å². The van der Waals surface area contributed by atoms with Crippen LogP contribution in [0.4, 0.5) is 13.2 Å². The molecule has 8 nitrogen and oxygen atoms in total. The van der Waals surface area contributed by atoms with Crippen molar-refractivity contribution in [3.63, 3.8) is 0 Å². The fourth-order valence-electron chi connectivity index (χ4n) is 2.74. The second-order valence-corrected chi connectivity index (χ2v) is 6.18. The van der Waals surface area contributed by atoms with Gasteiger partial charge in [-0.1, -0.05) is 0 Å². The van der Waals surface area contributed by atoms with Crippen molar-refractivity contribution in [3.05, 3.63) is 5.41 Å². The van der Waals surface area contributed by atoms with Crippen LogP contribution in [0.1, 0.15) is 19.3 Å². The number of nitrogens with one attached hydrogen (secondary N) is 1. The topological polar surface area (TPSA) is 99.2 Å². The minimum absolute atomic E-state index is 0.0776. The Balaban J connectivity index is 1.96. The largest absolute Gasteiger partial charge is 0.461 e. The zero-order valence-electron chi connectivity index (χ0n) is 13.9. The summed E-state index contributed by atoms with van der Waals surface area (Å²) in [6.07, 6.45) is -3.97. The summed E-state index contributed by atoms with van der Waals surface area (Å²) >= 11 is 0. The molecular formula is C14H19F3N5O3-. The number of alkyl halides is 3. The summed E-state index contributed by atoms with van der Waals surface area (Å²) < 4.78 is 37.6. The molecule has 11 heteroatoms. The maximum atomic E-state index is 12.5. The van der Waals surface area contributed by atoms with Crippen molar-refractivity contribution in [1.29, 1.82) is 5.41 Å². The zero-order chi connectivity index (χ0) is 19.0. The SMILES string of the molecule is CON(C)C(=O)C1(CC(=O)N2CCN(C(=[N-])C(F)(F)F)C(=N)C2)CC1. The maximum absolute atomic E-state index is 12.5. The van der Waals surface area contributed by atoms with Crippen LogP contribution in [0.25, 0.3) is 5.41 Å². The molecule has 0 unspecified atom stereocenters. The normalized spacial score (nSPS) is 19.6. The fraction of sp³-hybridized carbons (Fsp3) is 0.714. The van der Waals surface area contributed by atoms with E-state index in [2.05, 4.69) is 0 Å². The summed E-state index contributed by atoms with van der Waals surface area (Å²) in [4.78, 5) is 31.1. The van der Waals surface area contributed by atoms with Gasteiger partial charge in [0.15, 0.2) is 0 Å². The first-order valence-electron chi connectivity index (χ1n) is 7.60. The highest BCUT2D eigenvalue weighted by Crippen LogP contribution is 2.50. The highest BCUT2D eigenvalue weighted by atomic mass is 19.4. The van der Waals surface area contributed by atoms with Crippen molar-refractivity contribution < 1.29 is 27.6 Å². The monoisotopic (exact) mass is 362 g/mol. The quantitative estimate of drug-likeness (QED) is 0.455. The van der Waals surface area contributed by atoms with Crippen LogP contribution < -0.4 is 0 Å². The molecule has 0 aromatic carbocycles. The lowest BCUT2D eigenvalue weighted by Gasteiger charge is -2.43. The summed E-state index contributed by atoms with van der Waals surface area (Å²) in [5.41, 5.74) is -0.832. The van der Waals surface area contributed by atoms with Crippen LogP contribution in [0.15, 0.2) is 0 Å². The molecule has 1 aliphatic heterocycles. The van der Waals surface area contributed by atoms with Gasteiger partial charge in [-0.05, 0) is 19.4 Å². The van der Waals surface area contributed by atoms with E-state index in [1.807, 2.05) is 0 Å². The number of carbonyl (C=O) groups excluding carboxylic acids is 2. The van der Waals surface area contributed by atoms with Gasteiger partial charge in [0.05, 0.1) is 19.1 Å². The molecule has 2 rings (SSSR count). The Hall–Kier alpha value is -2.17. The molecule has 25 heavy (non-hydrogen) atoms. The van der Waals surface area contributed by atoms with Gasteiger partial charge in [0.1, 0.15) is 0 Å². The van der Waals surface area contributed by atoms with Gasteiger partial charge in [-0.25, -0.2) is 5.06 Å². The molecule has 0 aromatic heterocycles. The Morgan fingerprint density at radius 1 is 1.36 bits per heavy atom. The molecule has 1 N–H and O–H groups in total. The minimum atomic E-state index is -4.95. The van der Waals surface area contributed by atoms with Crippen LogP contribution in [0, 0.1) is 10.8 Å². The van der Waals surface area contributed by atoms with Crippen LogP contribution >= 0.6 is 0 Å². The van der Waals surface area contributed by atoms with Crippen molar-refractivity contribution >= 4 is 23.5 Å². The summed E-state index contributed by atoms with van der Waals surface area (Å²) in [6, 6.07) is 0. The maximum Gasteiger partial charge on any atom is 0.408 e. The Morgan fingerprint density at radius 2 is 1.96 bits per heavy atom. The van der Waals surface area contributed by atoms with Gasteiger partial charge in [0.2, 0.25) is 5.91 Å². The Labute approximate surface area is 142 Å². The van der Waals surface area contributed by atoms with E-state index in [1.165, 1.54) is 19.1 Å². The van der Waals surface area contributed by atoms with E-state index in [-0.39, 0.29) is 32.0 Å². The van der Waals surface area contributed by atoms with Crippen LogP contribution in [0.2, 0.25) is 0 Å². The van der Waals surface area contributed by atoms with Gasteiger partial charge >= 0.3 is 6.18 Å². The first-order valence-corrected chi connectivity index (χ1v) is 7.60. The standard InChI is InChI=1S/C14H19F3N5O3/c1-20(25-2)12(24)13(3-4-13)7-10(23)21-5-6-22(9(18)8-21)11(19)14(15,16)17/h18H,3-8H2,1-2H3/q-1. The average Bonchev–Trinajstić information content (AvgIpc) is 3.32. The van der Waals surface area contributed by atoms with Crippen molar-refractivity contribution in [3.8, 4) is 0 Å². The zero-order valence-corrected chi connectivity index (χ0v) is 13.9. The molecule has 0 aromatic rings. The molecule has 0 bridgehead atoms. The summed E-state index contributed by atoms with van der Waals surface area (Å²) in [5.74, 6) is -3.12. The van der Waals surface area contributed by atoms with E-state index < -0.39 is 29.2 Å². The molecule has 0 atom stereocenters. The number of hydroxylamine groups is 2. The molecule has 140 valence electrons. The first kappa shape index (κ1) is 19.2. The molecule has 0 spiro atoms. The predicted molar refractivity (Wildman–Crippen MR) is 81.5 cm³/mol. The van der Waals surface area contributed by atoms with Crippen LogP contribution in [0.3, 0.4) is 0 Å². The molecule has 2 aliphatic rings. The molecule has 1 aliphatic carbocycles. The number of amidine groups is 2. The van der Waals surface area contributed by atoms with Crippen LogP contribution in [-0.2, 0) is 14.4 Å². The van der Waals surface area contributed by atoms with Crippen molar-refractivity contribution in [2.75, 3.05) is 33.8 Å². The third kappa shape index (κ3) is 3.91. The first-order chi connectivity index (χ1) is 11.5. The molecule has 2 fully saturated rings. The predicted octanol–water partition coefficient (Wildman–Crippen LogP) is 0.828. The number of hydrogen-bond acceptors (Lipinski definition) is 4. The Kier molecular flexibility index (Phi) is 5.07. The lowest BCUT2D eigenvalue weighted by atomic mass is 10.00. The van der Waals surface area contributed by atoms with Crippen LogP contribution in [-0.4, -0.2) is 78.3 Å². The fourth-order valence-corrected chi connectivity index (χ4v) is 2.74. The second kappa shape index (κ2) is 6.62. The van der Waals surface area contributed by atoms with Crippen molar-refractivity contribution in [2.24, 2.45) is 5.41 Å². The third-order valence-electron chi connectivity index (χ3n) is 4.48. The molecule has 2 amide bonds. The van der Waals surface area contributed by atoms with Crippen molar-refractivity contribution in [2.45, 2.75) is 25.4 Å². The number of amides is 2. The molecular weight excluding hydrogens is 343 g/mol. The van der Waals surface area contributed by atoms with Gasteiger partial charge in [0, 0.05) is 31.7 Å². The number of carbonyl (C=O) groups is 2. The van der Waals surface area contributed by atoms with Crippen molar-refractivity contribution in [1.82, 2.24) is 14.9 Å². The van der Waals surface area contributed by atoms with Gasteiger partial charge in [-0.15, -0.1) is 0 Å². The van der Waals surface area contributed by atoms with E-state index in [0.717, 1.165) is 5.06 Å². The lowest BCUT2D eigenvalue weighted by Crippen LogP contribution is -2.56. The van der Waals surface area contributed by atoms with Gasteiger partial charge in [-0.2, -0.15) is 13.2 Å². The summed E-state index contributed by atoms with van der Waals surface area (Å²) in [7, 11) is 2.77. The summed E-state index contributed by atoms with van der Waals surface area (Å²) in [5, 5.41) is 17.9. The average molecular weight is 362 g/mol. The second-order valence-electron chi connectivity index (χ2n) is 6.18. The number of rotatable bonds is 4. The number of halogens is 3. The highest BCUT2D eigenvalue weighted by Gasteiger charge is 2.53. The Bertz CT molecular complexity index is 603. The van der Waals surface area contributed by atoms with E-state index in [9.17, 15) is 28.2 Å². The van der Waals surface area contributed by atoms with E-state index >= 15 is 0 Å². The molecule has 0 radical (unpaired) electrons. The van der Waals surface area contributed by atoms with E-state index in [1.54, 1.807) is 0 Å². The van der Waals surface area contributed by atoms with Gasteiger partial charge in [0.25, 0.3) is 5.91 Å². The van der Waals surface area contributed by atoms with Gasteiger partial charge in [-0.3, -0.25) is 14.4 Å². The number of nitrogens with zero attached hydrogens (tertiary/aromatic N) is 4. The van der Waals surface area contributed by atoms with E-state index in [4.69, 9.17) is 10.2 Å². The third-order valence-corrected chi connectivity index (χ3v) is 4.48. The Morgan fingerprint density at radius 3 is 2.40 bits per heavy atom. The number of hydrogen-bond donors (Lipinski definition) is 1. The summed E-state index contributed by atoms with van der Waals surface area (Å²) in [6.45, 7) is -0.774. The van der Waals surface area contributed by atoms with E-state index in [0.29, 0.717) is 17.7 Å². The molecule has 1 saturated carbocycles. The lowest BCUT2D eigenvalue weighted by molar-refractivity contribution is -0.176. The van der Waals surface area contributed by atoms with Gasteiger partial charge < -0.3 is 20.6 Å². The smallest absolute Gasteiger partial charge is 0.408 e. The minimum Gasteiger partial charge on any atom is -0.461 e. The highest BCUT2D eigenvalue weighted by molar-refractivity contribution is 6.05. The number of piperazine rings is 1. The molecule has 1 heterocycles. The molecule has 1 saturated heterocycles.